The van der Waals surface area contributed by atoms with Gasteiger partial charge in [-0.25, -0.2) is 4.39 Å². The molecule has 182 valence electrons. The molecule has 0 aliphatic heterocycles. The van der Waals surface area contributed by atoms with Crippen molar-refractivity contribution in [3.8, 4) is 0 Å². The minimum Gasteiger partial charge on any atom is -0.349 e. The first-order chi connectivity index (χ1) is 17.6. The van der Waals surface area contributed by atoms with E-state index in [9.17, 15) is 14.0 Å². The summed E-state index contributed by atoms with van der Waals surface area (Å²) in [6.07, 6.45) is 2.17. The Labute approximate surface area is 210 Å². The summed E-state index contributed by atoms with van der Waals surface area (Å²) in [5, 5.41) is 2.96. The first-order valence-electron chi connectivity index (χ1n) is 11.9. The van der Waals surface area contributed by atoms with Gasteiger partial charge in [0, 0.05) is 19.2 Å². The number of benzene rings is 3. The lowest BCUT2D eigenvalue weighted by Gasteiger charge is -2.31. The van der Waals surface area contributed by atoms with Crippen molar-refractivity contribution in [3.63, 3.8) is 0 Å². The second kappa shape index (κ2) is 12.4. The second-order valence-electron chi connectivity index (χ2n) is 8.55. The zero-order valence-corrected chi connectivity index (χ0v) is 19.9. The number of rotatable bonds is 10. The lowest BCUT2D eigenvalue weighted by atomic mass is 10.0. The Morgan fingerprint density at radius 1 is 0.778 bits per heavy atom. The molecule has 1 heterocycles. The Morgan fingerprint density at radius 2 is 1.42 bits per heavy atom. The van der Waals surface area contributed by atoms with Crippen LogP contribution in [0.2, 0.25) is 0 Å². The Kier molecular flexibility index (Phi) is 8.54. The Hall–Kier alpha value is -4.32. The maximum atomic E-state index is 13.7. The van der Waals surface area contributed by atoms with Crippen molar-refractivity contribution in [2.45, 2.75) is 32.0 Å². The predicted molar refractivity (Wildman–Crippen MR) is 137 cm³/mol. The molecular weight excluding hydrogens is 453 g/mol. The Morgan fingerprint density at radius 3 is 2.06 bits per heavy atom. The molecule has 5 nitrogen and oxygen atoms in total. The van der Waals surface area contributed by atoms with Crippen LogP contribution in [0.4, 0.5) is 4.39 Å². The maximum absolute atomic E-state index is 13.7. The van der Waals surface area contributed by atoms with Crippen LogP contribution in [0.3, 0.4) is 0 Å². The highest BCUT2D eigenvalue weighted by molar-refractivity contribution is 5.88. The quantitative estimate of drug-likeness (QED) is 0.357. The van der Waals surface area contributed by atoms with Crippen molar-refractivity contribution in [2.75, 3.05) is 0 Å². The number of hydrogen-bond donors (Lipinski definition) is 1. The van der Waals surface area contributed by atoms with Crippen molar-refractivity contribution in [2.24, 2.45) is 0 Å². The summed E-state index contributed by atoms with van der Waals surface area (Å²) >= 11 is 0. The molecule has 4 aromatic rings. The van der Waals surface area contributed by atoms with Gasteiger partial charge >= 0.3 is 0 Å². The maximum Gasteiger partial charge on any atom is 0.243 e. The zero-order chi connectivity index (χ0) is 25.2. The lowest BCUT2D eigenvalue weighted by molar-refractivity contribution is -0.140. The zero-order valence-electron chi connectivity index (χ0n) is 19.9. The van der Waals surface area contributed by atoms with Crippen LogP contribution in [-0.4, -0.2) is 27.7 Å². The smallest absolute Gasteiger partial charge is 0.243 e. The average Bonchev–Trinajstić information content (AvgIpc) is 2.92. The number of aromatic nitrogens is 1. The van der Waals surface area contributed by atoms with Crippen molar-refractivity contribution in [1.82, 2.24) is 15.2 Å². The standard InChI is InChI=1S/C30H28FN3O2/c31-26-16-14-25(15-17-26)22-34(29(35)20-24-11-5-2-6-12-24)28(19-23-9-3-1-4-10-23)30(36)33-21-27-13-7-8-18-32-27/h1-18,28H,19-22H2,(H,33,36)/t28-/m0/s1. The molecule has 0 bridgehead atoms. The van der Waals surface area contributed by atoms with Crippen molar-refractivity contribution in [1.29, 1.82) is 0 Å². The fourth-order valence-electron chi connectivity index (χ4n) is 4.01. The Bertz CT molecular complexity index is 1250. The van der Waals surface area contributed by atoms with Gasteiger partial charge in [-0.15, -0.1) is 0 Å². The summed E-state index contributed by atoms with van der Waals surface area (Å²) in [6.45, 7) is 0.433. The molecule has 2 amide bonds. The van der Waals surface area contributed by atoms with Crippen LogP contribution >= 0.6 is 0 Å². The molecule has 36 heavy (non-hydrogen) atoms. The second-order valence-corrected chi connectivity index (χ2v) is 8.55. The van der Waals surface area contributed by atoms with Gasteiger partial charge < -0.3 is 10.2 Å². The van der Waals surface area contributed by atoms with Gasteiger partial charge in [0.15, 0.2) is 0 Å². The highest BCUT2D eigenvalue weighted by Crippen LogP contribution is 2.17. The number of pyridine rings is 1. The molecule has 0 aliphatic rings. The van der Waals surface area contributed by atoms with Crippen molar-refractivity contribution >= 4 is 11.8 Å². The third-order valence-electron chi connectivity index (χ3n) is 5.91. The molecule has 1 aromatic heterocycles. The topological polar surface area (TPSA) is 62.3 Å². The molecule has 0 fully saturated rings. The molecule has 3 aromatic carbocycles. The summed E-state index contributed by atoms with van der Waals surface area (Å²) in [7, 11) is 0. The number of hydrogen-bond acceptors (Lipinski definition) is 3. The van der Waals surface area contributed by atoms with E-state index in [-0.39, 0.29) is 37.1 Å². The van der Waals surface area contributed by atoms with Gasteiger partial charge in [0.2, 0.25) is 11.8 Å². The number of nitrogens with one attached hydrogen (secondary N) is 1. The van der Waals surface area contributed by atoms with E-state index in [1.807, 2.05) is 78.9 Å². The molecular formula is C30H28FN3O2. The van der Waals surface area contributed by atoms with Crippen LogP contribution in [0.1, 0.15) is 22.4 Å². The number of carbonyl (C=O) groups excluding carboxylic acids is 2. The average molecular weight is 482 g/mol. The van der Waals surface area contributed by atoms with Crippen LogP contribution in [0, 0.1) is 5.82 Å². The molecule has 0 radical (unpaired) electrons. The molecule has 1 N–H and O–H groups in total. The number of carbonyl (C=O) groups is 2. The molecule has 0 unspecified atom stereocenters. The third-order valence-corrected chi connectivity index (χ3v) is 5.91. The molecule has 1 atom stereocenters. The van der Waals surface area contributed by atoms with Crippen LogP contribution in [0.5, 0.6) is 0 Å². The van der Waals surface area contributed by atoms with E-state index in [4.69, 9.17) is 0 Å². The van der Waals surface area contributed by atoms with Crippen molar-refractivity contribution < 1.29 is 14.0 Å². The summed E-state index contributed by atoms with van der Waals surface area (Å²) in [5.41, 5.74) is 3.27. The molecule has 0 aliphatic carbocycles. The molecule has 0 saturated heterocycles. The van der Waals surface area contributed by atoms with Crippen LogP contribution < -0.4 is 5.32 Å². The fourth-order valence-corrected chi connectivity index (χ4v) is 4.01. The minimum absolute atomic E-state index is 0.154. The summed E-state index contributed by atoms with van der Waals surface area (Å²) < 4.78 is 13.6. The van der Waals surface area contributed by atoms with E-state index in [1.54, 1.807) is 23.2 Å². The van der Waals surface area contributed by atoms with Gasteiger partial charge in [-0.2, -0.15) is 0 Å². The normalized spacial score (nSPS) is 11.5. The fraction of sp³-hybridized carbons (Fsp3) is 0.167. The number of nitrogens with zero attached hydrogens (tertiary/aromatic N) is 2. The van der Waals surface area contributed by atoms with Gasteiger partial charge in [0.1, 0.15) is 11.9 Å². The first-order valence-corrected chi connectivity index (χ1v) is 11.9. The van der Waals surface area contributed by atoms with Gasteiger partial charge in [0.05, 0.1) is 18.7 Å². The summed E-state index contributed by atoms with van der Waals surface area (Å²) in [5.74, 6) is -0.803. The van der Waals surface area contributed by atoms with Gasteiger partial charge in [-0.3, -0.25) is 14.6 Å². The minimum atomic E-state index is -0.766. The summed E-state index contributed by atoms with van der Waals surface area (Å²) in [4.78, 5) is 33.1. The predicted octanol–water partition coefficient (Wildman–Crippen LogP) is 4.72. The largest absolute Gasteiger partial charge is 0.349 e. The van der Waals surface area contributed by atoms with E-state index in [0.29, 0.717) is 6.42 Å². The Balaban J connectivity index is 1.63. The van der Waals surface area contributed by atoms with E-state index in [1.165, 1.54) is 12.1 Å². The molecule has 6 heteroatoms. The van der Waals surface area contributed by atoms with E-state index in [2.05, 4.69) is 10.3 Å². The van der Waals surface area contributed by atoms with E-state index >= 15 is 0 Å². The summed E-state index contributed by atoms with van der Waals surface area (Å²) in [6, 6.07) is 29.8. The third kappa shape index (κ3) is 7.09. The van der Waals surface area contributed by atoms with Crippen LogP contribution in [-0.2, 0) is 35.5 Å². The SMILES string of the molecule is O=C(NCc1ccccn1)[C@H](Cc1ccccc1)N(Cc1ccc(F)cc1)C(=O)Cc1ccccc1. The number of halogens is 1. The van der Waals surface area contributed by atoms with Crippen LogP contribution in [0.15, 0.2) is 109 Å². The monoisotopic (exact) mass is 481 g/mol. The lowest BCUT2D eigenvalue weighted by Crippen LogP contribution is -2.50. The first kappa shape index (κ1) is 24.8. The highest BCUT2D eigenvalue weighted by atomic mass is 19.1. The van der Waals surface area contributed by atoms with E-state index in [0.717, 1.165) is 22.4 Å². The molecule has 4 rings (SSSR count). The van der Waals surface area contributed by atoms with E-state index < -0.39 is 6.04 Å². The van der Waals surface area contributed by atoms with Gasteiger partial charge in [-0.05, 0) is 41.0 Å². The molecule has 0 spiro atoms. The van der Waals surface area contributed by atoms with Crippen molar-refractivity contribution in [3.05, 3.63) is 138 Å². The number of amides is 2. The van der Waals surface area contributed by atoms with Gasteiger partial charge in [-0.1, -0.05) is 78.9 Å². The highest BCUT2D eigenvalue weighted by Gasteiger charge is 2.30. The van der Waals surface area contributed by atoms with Gasteiger partial charge in [0.25, 0.3) is 0 Å². The molecule has 0 saturated carbocycles. The van der Waals surface area contributed by atoms with Crippen LogP contribution in [0.25, 0.3) is 0 Å².